The molecule has 176 valence electrons. The number of likely N-dealkylation sites (tertiary alicyclic amines) is 1. The number of aliphatic hydroxyl groups is 1. The summed E-state index contributed by atoms with van der Waals surface area (Å²) in [6, 6.07) is -0.586. The van der Waals surface area contributed by atoms with E-state index in [1.807, 2.05) is 27.7 Å². The first-order valence-corrected chi connectivity index (χ1v) is 13.2. The number of nitrogens with one attached hydrogen (secondary N) is 2. The number of carbonyl (C=O) groups is 3. The van der Waals surface area contributed by atoms with Crippen LogP contribution in [0.1, 0.15) is 59.8 Å². The molecule has 7 nitrogen and oxygen atoms in total. The fourth-order valence-electron chi connectivity index (χ4n) is 5.34. The number of halogens is 1. The van der Waals surface area contributed by atoms with Gasteiger partial charge in [0.15, 0.2) is 0 Å². The highest BCUT2D eigenvalue weighted by Crippen LogP contribution is 2.67. The number of alkyl halides is 1. The van der Waals surface area contributed by atoms with E-state index in [2.05, 4.69) is 26.6 Å². The van der Waals surface area contributed by atoms with Crippen molar-refractivity contribution in [3.05, 3.63) is 0 Å². The van der Waals surface area contributed by atoms with E-state index in [-0.39, 0.29) is 34.4 Å². The van der Waals surface area contributed by atoms with Crippen LogP contribution in [0.4, 0.5) is 0 Å². The molecule has 0 aromatic heterocycles. The van der Waals surface area contributed by atoms with E-state index < -0.39 is 28.2 Å². The number of carbonyl (C=O) groups excluding carboxylic acids is 3. The normalized spacial score (nSPS) is 34.2. The van der Waals surface area contributed by atoms with Gasteiger partial charge in [-0.2, -0.15) is 0 Å². The van der Waals surface area contributed by atoms with E-state index in [4.69, 9.17) is 5.11 Å². The maximum absolute atomic E-state index is 13.7. The van der Waals surface area contributed by atoms with Crippen LogP contribution in [0, 0.1) is 11.8 Å². The van der Waals surface area contributed by atoms with Gasteiger partial charge >= 0.3 is 0 Å². The summed E-state index contributed by atoms with van der Waals surface area (Å²) in [5.41, 5.74) is -0.412. The molecule has 0 saturated carbocycles. The fourth-order valence-corrected chi connectivity index (χ4v) is 8.96. The Hall–Kier alpha value is -0.800. The second-order valence-corrected chi connectivity index (χ2v) is 12.7. The Morgan fingerprint density at radius 3 is 2.58 bits per heavy atom. The van der Waals surface area contributed by atoms with Gasteiger partial charge in [-0.05, 0) is 52.9 Å². The van der Waals surface area contributed by atoms with Crippen LogP contribution in [0.25, 0.3) is 0 Å². The van der Waals surface area contributed by atoms with Crippen LogP contribution in [0.2, 0.25) is 0 Å². The SMILES string of the molecule is CCCNC(=O)[C@H]1[C@H]2C(=O)N(CCCCCO)C(C(=O)NC(C)(C)C)C23CC(Br)[C@@H]1S3. The number of aliphatic hydroxyl groups excluding tert-OH is 1. The molecule has 3 saturated heterocycles. The number of rotatable bonds is 9. The van der Waals surface area contributed by atoms with Crippen LogP contribution in [-0.4, -0.2) is 73.8 Å². The van der Waals surface area contributed by atoms with Crippen LogP contribution in [0.3, 0.4) is 0 Å². The Bertz CT molecular complexity index is 715. The third-order valence-electron chi connectivity index (χ3n) is 6.44. The van der Waals surface area contributed by atoms with Crippen molar-refractivity contribution in [2.75, 3.05) is 19.7 Å². The Morgan fingerprint density at radius 1 is 1.26 bits per heavy atom. The Balaban J connectivity index is 1.94. The summed E-state index contributed by atoms with van der Waals surface area (Å²) < 4.78 is -0.587. The van der Waals surface area contributed by atoms with Crippen molar-refractivity contribution in [1.29, 1.82) is 0 Å². The monoisotopic (exact) mass is 517 g/mol. The first-order valence-electron chi connectivity index (χ1n) is 11.4. The lowest BCUT2D eigenvalue weighted by Gasteiger charge is -2.36. The number of hydrogen-bond acceptors (Lipinski definition) is 5. The van der Waals surface area contributed by atoms with Gasteiger partial charge in [0.25, 0.3) is 0 Å². The lowest BCUT2D eigenvalue weighted by molar-refractivity contribution is -0.140. The van der Waals surface area contributed by atoms with Gasteiger partial charge < -0.3 is 20.6 Å². The Labute approximate surface area is 198 Å². The molecule has 3 aliphatic heterocycles. The highest BCUT2D eigenvalue weighted by Gasteiger charge is 2.75. The van der Waals surface area contributed by atoms with Crippen molar-refractivity contribution in [2.45, 2.75) is 86.2 Å². The second-order valence-electron chi connectivity index (χ2n) is 10.0. The van der Waals surface area contributed by atoms with Gasteiger partial charge in [0.1, 0.15) is 6.04 Å². The maximum atomic E-state index is 13.7. The lowest BCUT2D eigenvalue weighted by atomic mass is 9.70. The van der Waals surface area contributed by atoms with Gasteiger partial charge in [0.2, 0.25) is 17.7 Å². The molecule has 1 spiro atoms. The Kier molecular flexibility index (Phi) is 7.69. The molecule has 0 aromatic carbocycles. The van der Waals surface area contributed by atoms with E-state index in [1.54, 1.807) is 16.7 Å². The minimum absolute atomic E-state index is 0.00715. The molecule has 0 aliphatic carbocycles. The summed E-state index contributed by atoms with van der Waals surface area (Å²) in [7, 11) is 0. The quantitative estimate of drug-likeness (QED) is 0.321. The number of nitrogens with zero attached hydrogens (tertiary/aromatic N) is 1. The van der Waals surface area contributed by atoms with Crippen LogP contribution >= 0.6 is 27.7 Å². The zero-order valence-corrected chi connectivity index (χ0v) is 21.4. The van der Waals surface area contributed by atoms with E-state index >= 15 is 0 Å². The molecule has 3 amide bonds. The molecule has 9 heteroatoms. The topological polar surface area (TPSA) is 98.7 Å². The molecule has 3 N–H and O–H groups in total. The summed E-state index contributed by atoms with van der Waals surface area (Å²) in [5.74, 6) is -1.16. The highest BCUT2D eigenvalue weighted by molar-refractivity contribution is 9.09. The number of amides is 3. The van der Waals surface area contributed by atoms with Crippen molar-refractivity contribution < 1.29 is 19.5 Å². The van der Waals surface area contributed by atoms with Crippen LogP contribution in [0.5, 0.6) is 0 Å². The standard InChI is InChI=1S/C22H36BrN3O4S/c1-5-9-24-18(28)14-15-20(30)26(10-7-6-8-11-27)17(19(29)25-21(2,3)4)22(15)12-13(23)16(14)31-22/h13-17,27H,5-12H2,1-4H3,(H,24,28)(H,25,29)/t13?,14-,15-,16-,17?,22?/m0/s1. The van der Waals surface area contributed by atoms with Crippen LogP contribution in [-0.2, 0) is 14.4 Å². The molecule has 6 atom stereocenters. The molecular weight excluding hydrogens is 482 g/mol. The predicted octanol–water partition coefficient (Wildman–Crippen LogP) is 2.05. The molecule has 0 radical (unpaired) electrons. The third-order valence-corrected chi connectivity index (χ3v) is 9.66. The van der Waals surface area contributed by atoms with Gasteiger partial charge in [-0.3, -0.25) is 14.4 Å². The minimum Gasteiger partial charge on any atom is -0.396 e. The fraction of sp³-hybridized carbons (Fsp3) is 0.864. The van der Waals surface area contributed by atoms with Crippen molar-refractivity contribution in [3.63, 3.8) is 0 Å². The molecular formula is C22H36BrN3O4S. The largest absolute Gasteiger partial charge is 0.396 e. The number of unbranched alkanes of at least 4 members (excludes halogenated alkanes) is 2. The average molecular weight is 519 g/mol. The number of fused-ring (bicyclic) bond motifs is 1. The van der Waals surface area contributed by atoms with Gasteiger partial charge in [-0.1, -0.05) is 22.9 Å². The zero-order valence-electron chi connectivity index (χ0n) is 18.9. The first kappa shape index (κ1) is 24.8. The van der Waals surface area contributed by atoms with E-state index in [1.165, 1.54) is 0 Å². The molecule has 3 aliphatic rings. The van der Waals surface area contributed by atoms with Gasteiger partial charge in [0, 0.05) is 35.3 Å². The maximum Gasteiger partial charge on any atom is 0.244 e. The van der Waals surface area contributed by atoms with Gasteiger partial charge in [-0.15, -0.1) is 11.8 Å². The second kappa shape index (κ2) is 9.59. The van der Waals surface area contributed by atoms with Crippen molar-refractivity contribution in [3.8, 4) is 0 Å². The first-order chi connectivity index (χ1) is 14.6. The van der Waals surface area contributed by atoms with Crippen molar-refractivity contribution >= 4 is 45.4 Å². The molecule has 31 heavy (non-hydrogen) atoms. The molecule has 2 bridgehead atoms. The van der Waals surface area contributed by atoms with Crippen LogP contribution < -0.4 is 10.6 Å². The third kappa shape index (κ3) is 4.64. The Morgan fingerprint density at radius 2 is 1.97 bits per heavy atom. The van der Waals surface area contributed by atoms with E-state index in [0.717, 1.165) is 19.3 Å². The lowest BCUT2D eigenvalue weighted by Crippen LogP contribution is -2.57. The molecule has 0 aromatic rings. The smallest absolute Gasteiger partial charge is 0.244 e. The number of thioether (sulfide) groups is 1. The van der Waals surface area contributed by atoms with E-state index in [9.17, 15) is 14.4 Å². The number of hydrogen-bond donors (Lipinski definition) is 3. The molecule has 3 rings (SSSR count). The predicted molar refractivity (Wildman–Crippen MR) is 126 cm³/mol. The van der Waals surface area contributed by atoms with Crippen molar-refractivity contribution in [2.24, 2.45) is 11.8 Å². The van der Waals surface area contributed by atoms with Crippen molar-refractivity contribution in [1.82, 2.24) is 15.5 Å². The molecule has 3 fully saturated rings. The molecule has 3 unspecified atom stereocenters. The van der Waals surface area contributed by atoms with E-state index in [0.29, 0.717) is 25.9 Å². The van der Waals surface area contributed by atoms with Crippen LogP contribution in [0.15, 0.2) is 0 Å². The van der Waals surface area contributed by atoms with Gasteiger partial charge in [-0.25, -0.2) is 0 Å². The molecule has 3 heterocycles. The van der Waals surface area contributed by atoms with Gasteiger partial charge in [0.05, 0.1) is 16.6 Å². The summed E-state index contributed by atoms with van der Waals surface area (Å²) in [6.07, 6.45) is 3.74. The zero-order chi connectivity index (χ0) is 23.0. The summed E-state index contributed by atoms with van der Waals surface area (Å²) >= 11 is 5.43. The average Bonchev–Trinajstić information content (AvgIpc) is 3.25. The summed E-state index contributed by atoms with van der Waals surface area (Å²) in [5, 5.41) is 15.2. The highest BCUT2D eigenvalue weighted by atomic mass is 79.9. The minimum atomic E-state index is -0.587. The summed E-state index contributed by atoms with van der Waals surface area (Å²) in [4.78, 5) is 42.1. The summed E-state index contributed by atoms with van der Waals surface area (Å²) in [6.45, 7) is 9.01.